The number of carbonyl (C=O) groups is 1. The lowest BCUT2D eigenvalue weighted by Gasteiger charge is -2.03. The van der Waals surface area contributed by atoms with E-state index in [0.717, 1.165) is 24.8 Å². The Morgan fingerprint density at radius 2 is 1.70 bits per heavy atom. The Kier molecular flexibility index (Phi) is 16.0. The highest BCUT2D eigenvalue weighted by molar-refractivity contribution is 5.89. The lowest BCUT2D eigenvalue weighted by atomic mass is 10.0. The third-order valence-electron chi connectivity index (χ3n) is 3.58. The summed E-state index contributed by atoms with van der Waals surface area (Å²) in [5.74, 6) is 0.708. The predicted molar refractivity (Wildman–Crippen MR) is 100 cm³/mol. The predicted octanol–water partition coefficient (Wildman–Crippen LogP) is 6.68. The Labute approximate surface area is 143 Å². The Morgan fingerprint density at radius 3 is 2.09 bits per heavy atom. The molecule has 0 heterocycles. The van der Waals surface area contributed by atoms with Crippen LogP contribution in [0, 0.1) is 18.7 Å². The molecule has 1 nitrogen and oxygen atoms in total. The second kappa shape index (κ2) is 15.5. The minimum atomic E-state index is -0.114. The van der Waals surface area contributed by atoms with Crippen LogP contribution in [-0.2, 0) is 11.2 Å². The Hall–Kier alpha value is -1.44. The number of benzene rings is 1. The summed E-state index contributed by atoms with van der Waals surface area (Å²) in [5, 5.41) is 0. The van der Waals surface area contributed by atoms with Crippen LogP contribution in [0.4, 0.5) is 4.39 Å². The molecule has 1 aromatic carbocycles. The van der Waals surface area contributed by atoms with Crippen molar-refractivity contribution >= 4 is 5.78 Å². The van der Waals surface area contributed by atoms with E-state index in [2.05, 4.69) is 20.8 Å². The smallest absolute Gasteiger partial charge is 0.155 e. The van der Waals surface area contributed by atoms with Gasteiger partial charge in [-0.25, -0.2) is 4.39 Å². The molecule has 0 bridgehead atoms. The van der Waals surface area contributed by atoms with Crippen molar-refractivity contribution in [2.45, 2.75) is 74.1 Å². The first-order chi connectivity index (χ1) is 11.0. The molecule has 0 aliphatic carbocycles. The second-order valence-electron chi connectivity index (χ2n) is 5.19. The van der Waals surface area contributed by atoms with Crippen molar-refractivity contribution in [3.63, 3.8) is 0 Å². The molecule has 0 saturated heterocycles. The number of ketones is 1. The van der Waals surface area contributed by atoms with Crippen LogP contribution in [0.25, 0.3) is 0 Å². The van der Waals surface area contributed by atoms with Crippen molar-refractivity contribution in [1.29, 1.82) is 0 Å². The van der Waals surface area contributed by atoms with Gasteiger partial charge in [0.1, 0.15) is 5.82 Å². The van der Waals surface area contributed by atoms with Crippen LogP contribution in [0.2, 0.25) is 0 Å². The zero-order valence-corrected chi connectivity index (χ0v) is 16.1. The first-order valence-electron chi connectivity index (χ1n) is 8.94. The molecule has 2 heteroatoms. The summed E-state index contributed by atoms with van der Waals surface area (Å²) in [5.41, 5.74) is 1.93. The number of halogens is 1. The molecule has 0 unspecified atom stereocenters. The van der Waals surface area contributed by atoms with Gasteiger partial charge in [-0.05, 0) is 55.4 Å². The van der Waals surface area contributed by atoms with E-state index in [-0.39, 0.29) is 11.6 Å². The Bertz CT molecular complexity index is 445. The molecule has 0 radical (unpaired) electrons. The van der Waals surface area contributed by atoms with E-state index < -0.39 is 0 Å². The van der Waals surface area contributed by atoms with Crippen LogP contribution in [-0.4, -0.2) is 5.78 Å². The van der Waals surface area contributed by atoms with Crippen molar-refractivity contribution in [2.24, 2.45) is 5.92 Å². The third kappa shape index (κ3) is 11.7. The maximum absolute atomic E-state index is 12.6. The summed E-state index contributed by atoms with van der Waals surface area (Å²) in [6.45, 7) is 14.0. The van der Waals surface area contributed by atoms with Gasteiger partial charge in [-0.1, -0.05) is 59.8 Å². The number of hydrogen-bond donors (Lipinski definition) is 0. The minimum Gasteiger partial charge on any atom is -0.295 e. The number of hydrogen-bond acceptors (Lipinski definition) is 1. The van der Waals surface area contributed by atoms with Crippen molar-refractivity contribution < 1.29 is 9.18 Å². The van der Waals surface area contributed by atoms with E-state index in [0.29, 0.717) is 12.3 Å². The molecule has 23 heavy (non-hydrogen) atoms. The third-order valence-corrected chi connectivity index (χ3v) is 3.58. The van der Waals surface area contributed by atoms with Crippen LogP contribution in [0.15, 0.2) is 30.4 Å². The first kappa shape index (κ1) is 23.8. The molecule has 0 aliphatic heterocycles. The molecular weight excluding hydrogens is 287 g/mol. The minimum absolute atomic E-state index is 0.114. The molecular formula is C21H35FO. The zero-order valence-electron chi connectivity index (χ0n) is 16.1. The number of rotatable bonds is 6. The number of carbonyl (C=O) groups excluding carboxylic acids is 1. The summed E-state index contributed by atoms with van der Waals surface area (Å²) in [6, 6.07) is 5.23. The van der Waals surface area contributed by atoms with Gasteiger partial charge in [-0.2, -0.15) is 0 Å². The molecule has 0 N–H and O–H groups in total. The number of aryl methyl sites for hydroxylation is 2. The van der Waals surface area contributed by atoms with Gasteiger partial charge in [0.15, 0.2) is 5.78 Å². The fraction of sp³-hybridized carbons (Fsp3) is 0.571. The maximum atomic E-state index is 12.6. The summed E-state index contributed by atoms with van der Waals surface area (Å²) in [6.07, 6.45) is 7.61. The average molecular weight is 323 g/mol. The highest BCUT2D eigenvalue weighted by Crippen LogP contribution is 2.09. The molecule has 0 fully saturated rings. The largest absolute Gasteiger partial charge is 0.295 e. The van der Waals surface area contributed by atoms with E-state index >= 15 is 0 Å². The molecule has 132 valence electrons. The standard InChI is InChI=1S/C10H18O.C9H11F.C2H6/c1-4-9(5-2)7-8-10(11)6-3;1-3-8-4-5-9(10)7(2)6-8;1-2/h7-9H,4-6H2,1-3H3;4-6H,3H2,1-2H3;1-2H3. The summed E-state index contributed by atoms with van der Waals surface area (Å²) in [7, 11) is 0. The maximum Gasteiger partial charge on any atom is 0.155 e. The summed E-state index contributed by atoms with van der Waals surface area (Å²) in [4.78, 5) is 10.9. The van der Waals surface area contributed by atoms with Crippen molar-refractivity contribution in [3.05, 3.63) is 47.3 Å². The van der Waals surface area contributed by atoms with Gasteiger partial charge in [0.05, 0.1) is 0 Å². The highest BCUT2D eigenvalue weighted by Gasteiger charge is 1.98. The topological polar surface area (TPSA) is 17.1 Å². The molecule has 0 atom stereocenters. The summed E-state index contributed by atoms with van der Waals surface area (Å²) >= 11 is 0. The molecule has 0 amide bonds. The molecule has 0 saturated carbocycles. The van der Waals surface area contributed by atoms with E-state index in [1.165, 1.54) is 11.6 Å². The fourth-order valence-corrected chi connectivity index (χ4v) is 1.85. The van der Waals surface area contributed by atoms with Gasteiger partial charge in [-0.3, -0.25) is 4.79 Å². The van der Waals surface area contributed by atoms with E-state index in [9.17, 15) is 9.18 Å². The van der Waals surface area contributed by atoms with Crippen LogP contribution in [0.5, 0.6) is 0 Å². The normalized spacial score (nSPS) is 9.96. The SMILES string of the molecule is CC.CCC(=O)C=CC(CC)CC.CCc1ccc(F)c(C)c1. The highest BCUT2D eigenvalue weighted by atomic mass is 19.1. The van der Waals surface area contributed by atoms with Crippen LogP contribution in [0.1, 0.15) is 71.9 Å². The molecule has 1 rings (SSSR count). The van der Waals surface area contributed by atoms with Gasteiger partial charge < -0.3 is 0 Å². The Balaban J connectivity index is 0. The van der Waals surface area contributed by atoms with Crippen molar-refractivity contribution in [1.82, 2.24) is 0 Å². The van der Waals surface area contributed by atoms with E-state index in [1.807, 2.05) is 39.0 Å². The second-order valence-corrected chi connectivity index (χ2v) is 5.19. The summed E-state index contributed by atoms with van der Waals surface area (Å²) < 4.78 is 12.6. The van der Waals surface area contributed by atoms with Gasteiger partial charge in [0.2, 0.25) is 0 Å². The van der Waals surface area contributed by atoms with Gasteiger partial charge >= 0.3 is 0 Å². The lowest BCUT2D eigenvalue weighted by Crippen LogP contribution is -1.94. The molecule has 0 aliphatic rings. The lowest BCUT2D eigenvalue weighted by molar-refractivity contribution is -0.114. The van der Waals surface area contributed by atoms with E-state index in [1.54, 1.807) is 13.0 Å². The van der Waals surface area contributed by atoms with Crippen molar-refractivity contribution in [2.75, 3.05) is 0 Å². The van der Waals surface area contributed by atoms with Gasteiger partial charge in [0, 0.05) is 6.42 Å². The van der Waals surface area contributed by atoms with Crippen LogP contribution >= 0.6 is 0 Å². The van der Waals surface area contributed by atoms with Gasteiger partial charge in [0.25, 0.3) is 0 Å². The first-order valence-corrected chi connectivity index (χ1v) is 8.94. The molecule has 0 spiro atoms. The monoisotopic (exact) mass is 322 g/mol. The average Bonchev–Trinajstić information content (AvgIpc) is 2.60. The van der Waals surface area contributed by atoms with Crippen LogP contribution < -0.4 is 0 Å². The fourth-order valence-electron chi connectivity index (χ4n) is 1.85. The van der Waals surface area contributed by atoms with Gasteiger partial charge in [-0.15, -0.1) is 0 Å². The number of allylic oxidation sites excluding steroid dienone is 2. The molecule has 0 aromatic heterocycles. The zero-order chi connectivity index (χ0) is 18.3. The van der Waals surface area contributed by atoms with E-state index in [4.69, 9.17) is 0 Å². The Morgan fingerprint density at radius 1 is 1.13 bits per heavy atom. The van der Waals surface area contributed by atoms with Crippen LogP contribution in [0.3, 0.4) is 0 Å². The molecule has 1 aromatic rings. The van der Waals surface area contributed by atoms with Crippen molar-refractivity contribution in [3.8, 4) is 0 Å². The quantitative estimate of drug-likeness (QED) is 0.534.